The van der Waals surface area contributed by atoms with Crippen LogP contribution in [0.4, 0.5) is 0 Å². The van der Waals surface area contributed by atoms with Crippen LogP contribution < -0.4 is 5.32 Å². The monoisotopic (exact) mass is 360 g/mol. The molecule has 0 atom stereocenters. The van der Waals surface area contributed by atoms with Crippen molar-refractivity contribution in [2.24, 2.45) is 0 Å². The minimum atomic E-state index is 0.0468. The molecule has 0 aliphatic carbocycles. The highest BCUT2D eigenvalue weighted by molar-refractivity contribution is 7.12. The highest BCUT2D eigenvalue weighted by atomic mass is 32.1. The molecule has 0 unspecified atom stereocenters. The predicted molar refractivity (Wildman–Crippen MR) is 104 cm³/mol. The van der Waals surface area contributed by atoms with Gasteiger partial charge in [-0.25, -0.2) is 4.98 Å². The number of hydrogen-bond donors (Lipinski definition) is 1. The lowest BCUT2D eigenvalue weighted by Crippen LogP contribution is -2.26. The highest BCUT2D eigenvalue weighted by Crippen LogP contribution is 2.28. The zero-order valence-corrected chi connectivity index (χ0v) is 16.2. The van der Waals surface area contributed by atoms with E-state index in [2.05, 4.69) is 48.4 Å². The van der Waals surface area contributed by atoms with E-state index in [9.17, 15) is 4.79 Å². The minimum Gasteiger partial charge on any atom is -0.381 e. The number of nitrogens with one attached hydrogen (secondary N) is 1. The molecule has 1 aromatic heterocycles. The molecular formula is C20H28N2O2S. The molecule has 1 aromatic carbocycles. The van der Waals surface area contributed by atoms with Gasteiger partial charge in [-0.3, -0.25) is 4.79 Å². The number of thiazole rings is 1. The topological polar surface area (TPSA) is 51.2 Å². The number of ether oxygens (including phenoxy) is 1. The Hall–Kier alpha value is -1.72. The standard InChI is InChI=1S/C20H28N2O2S/c1-4-5-12-24-13-6-11-21-19(23)14-18-20(22-16(3)25-18)17-9-7-15(2)8-10-17/h7-10H,4-6,11-14H2,1-3H3,(H,21,23). The predicted octanol–water partition coefficient (Wildman–Crippen LogP) is 4.29. The third-order valence-corrected chi connectivity index (χ3v) is 4.85. The molecule has 0 saturated heterocycles. The average Bonchev–Trinajstić information content (AvgIpc) is 2.95. The number of unbranched alkanes of at least 4 members (excludes halogenated alkanes) is 1. The summed E-state index contributed by atoms with van der Waals surface area (Å²) >= 11 is 1.60. The fourth-order valence-corrected chi connectivity index (χ4v) is 3.44. The summed E-state index contributed by atoms with van der Waals surface area (Å²) in [6.07, 6.45) is 3.47. The van der Waals surface area contributed by atoms with Crippen molar-refractivity contribution in [3.05, 3.63) is 39.7 Å². The molecule has 0 radical (unpaired) electrons. The van der Waals surface area contributed by atoms with Crippen molar-refractivity contribution in [3.8, 4) is 11.3 Å². The number of carbonyl (C=O) groups excluding carboxylic acids is 1. The summed E-state index contributed by atoms with van der Waals surface area (Å²) in [6.45, 7) is 8.37. The van der Waals surface area contributed by atoms with Crippen LogP contribution in [-0.2, 0) is 16.0 Å². The van der Waals surface area contributed by atoms with E-state index in [0.717, 1.165) is 47.0 Å². The number of carbonyl (C=O) groups is 1. The molecule has 25 heavy (non-hydrogen) atoms. The van der Waals surface area contributed by atoms with Crippen LogP contribution >= 0.6 is 11.3 Å². The Labute approximate surface area is 154 Å². The van der Waals surface area contributed by atoms with Gasteiger partial charge < -0.3 is 10.1 Å². The Kier molecular flexibility index (Phi) is 8.09. The van der Waals surface area contributed by atoms with Crippen LogP contribution in [0, 0.1) is 13.8 Å². The molecular weight excluding hydrogens is 332 g/mol. The maximum absolute atomic E-state index is 12.2. The van der Waals surface area contributed by atoms with Gasteiger partial charge in [-0.2, -0.15) is 0 Å². The van der Waals surface area contributed by atoms with Gasteiger partial charge in [-0.15, -0.1) is 11.3 Å². The molecule has 5 heteroatoms. The van der Waals surface area contributed by atoms with Crippen LogP contribution in [0.5, 0.6) is 0 Å². The molecule has 0 spiro atoms. The zero-order valence-electron chi connectivity index (χ0n) is 15.4. The molecule has 0 aliphatic heterocycles. The van der Waals surface area contributed by atoms with E-state index in [-0.39, 0.29) is 5.91 Å². The number of aromatic nitrogens is 1. The van der Waals surface area contributed by atoms with E-state index in [1.54, 1.807) is 11.3 Å². The summed E-state index contributed by atoms with van der Waals surface area (Å²) in [5.74, 6) is 0.0468. The smallest absolute Gasteiger partial charge is 0.225 e. The third kappa shape index (κ3) is 6.59. The van der Waals surface area contributed by atoms with E-state index >= 15 is 0 Å². The van der Waals surface area contributed by atoms with Gasteiger partial charge in [0.25, 0.3) is 0 Å². The first-order valence-electron chi connectivity index (χ1n) is 8.98. The van der Waals surface area contributed by atoms with Crippen molar-refractivity contribution in [2.75, 3.05) is 19.8 Å². The normalized spacial score (nSPS) is 10.8. The van der Waals surface area contributed by atoms with Crippen LogP contribution in [0.15, 0.2) is 24.3 Å². The molecule has 1 N–H and O–H groups in total. The number of amides is 1. The second-order valence-corrected chi connectivity index (χ2v) is 7.50. The Morgan fingerprint density at radius 2 is 1.88 bits per heavy atom. The SMILES string of the molecule is CCCCOCCCNC(=O)Cc1sc(C)nc1-c1ccc(C)cc1. The maximum Gasteiger partial charge on any atom is 0.225 e. The first-order chi connectivity index (χ1) is 12.1. The molecule has 0 fully saturated rings. The van der Waals surface area contributed by atoms with E-state index in [1.165, 1.54) is 5.56 Å². The quantitative estimate of drug-likeness (QED) is 0.643. The molecule has 1 heterocycles. The lowest BCUT2D eigenvalue weighted by atomic mass is 10.1. The second kappa shape index (κ2) is 10.3. The number of rotatable bonds is 10. The van der Waals surface area contributed by atoms with Gasteiger partial charge in [0.05, 0.1) is 17.1 Å². The van der Waals surface area contributed by atoms with Gasteiger partial charge in [0.2, 0.25) is 5.91 Å². The number of nitrogens with zero attached hydrogens (tertiary/aromatic N) is 1. The Balaban J connectivity index is 1.84. The summed E-state index contributed by atoms with van der Waals surface area (Å²) < 4.78 is 5.50. The number of aryl methyl sites for hydroxylation is 2. The van der Waals surface area contributed by atoms with Crippen LogP contribution in [0.2, 0.25) is 0 Å². The summed E-state index contributed by atoms with van der Waals surface area (Å²) in [4.78, 5) is 17.9. The van der Waals surface area contributed by atoms with Crippen LogP contribution in [-0.4, -0.2) is 30.6 Å². The Morgan fingerprint density at radius 1 is 1.16 bits per heavy atom. The zero-order chi connectivity index (χ0) is 18.1. The fraction of sp³-hybridized carbons (Fsp3) is 0.500. The molecule has 136 valence electrons. The molecule has 0 aliphatic rings. The molecule has 2 aromatic rings. The fourth-order valence-electron chi connectivity index (χ4n) is 2.48. The van der Waals surface area contributed by atoms with Gasteiger partial charge in [0.15, 0.2) is 0 Å². The van der Waals surface area contributed by atoms with Gasteiger partial charge in [-0.05, 0) is 26.7 Å². The Morgan fingerprint density at radius 3 is 2.60 bits per heavy atom. The van der Waals surface area contributed by atoms with Crippen molar-refractivity contribution in [1.29, 1.82) is 0 Å². The van der Waals surface area contributed by atoms with E-state index < -0.39 is 0 Å². The summed E-state index contributed by atoms with van der Waals surface area (Å²) in [5.41, 5.74) is 3.22. The van der Waals surface area contributed by atoms with Gasteiger partial charge in [0.1, 0.15) is 0 Å². The molecule has 4 nitrogen and oxygen atoms in total. The average molecular weight is 361 g/mol. The van der Waals surface area contributed by atoms with Crippen molar-refractivity contribution >= 4 is 17.2 Å². The lowest BCUT2D eigenvalue weighted by Gasteiger charge is -2.06. The second-order valence-electron chi connectivity index (χ2n) is 6.22. The molecule has 1 amide bonds. The van der Waals surface area contributed by atoms with Crippen LogP contribution in [0.1, 0.15) is 41.6 Å². The van der Waals surface area contributed by atoms with E-state index in [0.29, 0.717) is 19.6 Å². The first-order valence-corrected chi connectivity index (χ1v) is 9.79. The molecule has 0 saturated carbocycles. The lowest BCUT2D eigenvalue weighted by molar-refractivity contribution is -0.120. The van der Waals surface area contributed by atoms with Gasteiger partial charge >= 0.3 is 0 Å². The minimum absolute atomic E-state index is 0.0468. The van der Waals surface area contributed by atoms with E-state index in [1.807, 2.05) is 6.92 Å². The first kappa shape index (κ1) is 19.6. The summed E-state index contributed by atoms with van der Waals surface area (Å²) in [5, 5.41) is 3.97. The van der Waals surface area contributed by atoms with Gasteiger partial charge in [-0.1, -0.05) is 43.2 Å². The summed E-state index contributed by atoms with van der Waals surface area (Å²) in [6, 6.07) is 8.29. The van der Waals surface area contributed by atoms with Crippen LogP contribution in [0.3, 0.4) is 0 Å². The highest BCUT2D eigenvalue weighted by Gasteiger charge is 2.14. The van der Waals surface area contributed by atoms with Crippen molar-refractivity contribution in [1.82, 2.24) is 10.3 Å². The van der Waals surface area contributed by atoms with Crippen molar-refractivity contribution in [3.63, 3.8) is 0 Å². The van der Waals surface area contributed by atoms with E-state index in [4.69, 9.17) is 4.74 Å². The van der Waals surface area contributed by atoms with Crippen molar-refractivity contribution < 1.29 is 9.53 Å². The largest absolute Gasteiger partial charge is 0.381 e. The van der Waals surface area contributed by atoms with Gasteiger partial charge in [0, 0.05) is 30.2 Å². The molecule has 0 bridgehead atoms. The van der Waals surface area contributed by atoms with Crippen molar-refractivity contribution in [2.45, 2.75) is 46.5 Å². The maximum atomic E-state index is 12.2. The number of hydrogen-bond acceptors (Lipinski definition) is 4. The van der Waals surface area contributed by atoms with Crippen LogP contribution in [0.25, 0.3) is 11.3 Å². The number of benzene rings is 1. The Bertz CT molecular complexity index is 665. The molecule has 2 rings (SSSR count). The third-order valence-electron chi connectivity index (χ3n) is 3.88. The summed E-state index contributed by atoms with van der Waals surface area (Å²) in [7, 11) is 0.